The Bertz CT molecular complexity index is 331. The fraction of sp³-hybridized carbons (Fsp3) is 0.750. The van der Waals surface area contributed by atoms with Crippen LogP contribution in [0.15, 0.2) is 12.3 Å². The molecule has 2 rings (SSSR count). The van der Waals surface area contributed by atoms with Crippen LogP contribution in [0.2, 0.25) is 0 Å². The van der Waals surface area contributed by atoms with Gasteiger partial charge in [-0.3, -0.25) is 4.68 Å². The van der Waals surface area contributed by atoms with E-state index in [4.69, 9.17) is 11.6 Å². The second-order valence-corrected chi connectivity index (χ2v) is 5.31. The Morgan fingerprint density at radius 2 is 2.38 bits per heavy atom. The van der Waals surface area contributed by atoms with Gasteiger partial charge in [0.25, 0.3) is 0 Å². The molecule has 0 spiro atoms. The van der Waals surface area contributed by atoms with Crippen LogP contribution in [0.5, 0.6) is 0 Å². The second-order valence-electron chi connectivity index (χ2n) is 4.69. The molecular weight excluding hydrogens is 222 g/mol. The van der Waals surface area contributed by atoms with E-state index in [1.807, 2.05) is 4.68 Å². The van der Waals surface area contributed by atoms with E-state index >= 15 is 0 Å². The topological polar surface area (TPSA) is 29.9 Å². The van der Waals surface area contributed by atoms with Crippen molar-refractivity contribution < 1.29 is 0 Å². The molecule has 1 aliphatic carbocycles. The number of halogens is 1. The molecule has 1 aromatic heterocycles. The van der Waals surface area contributed by atoms with Gasteiger partial charge in [-0.05, 0) is 32.3 Å². The van der Waals surface area contributed by atoms with E-state index in [0.29, 0.717) is 17.5 Å². The van der Waals surface area contributed by atoms with E-state index in [-0.39, 0.29) is 0 Å². The van der Waals surface area contributed by atoms with Crippen molar-refractivity contribution in [3.8, 4) is 0 Å². The fourth-order valence-corrected chi connectivity index (χ4v) is 2.30. The normalized spacial score (nSPS) is 26.4. The van der Waals surface area contributed by atoms with Crippen LogP contribution in [0.4, 0.5) is 0 Å². The molecule has 16 heavy (non-hydrogen) atoms. The van der Waals surface area contributed by atoms with Crippen molar-refractivity contribution in [2.45, 2.75) is 57.1 Å². The van der Waals surface area contributed by atoms with Gasteiger partial charge in [-0.15, -0.1) is 11.6 Å². The van der Waals surface area contributed by atoms with Crippen molar-refractivity contribution in [3.63, 3.8) is 0 Å². The van der Waals surface area contributed by atoms with Crippen molar-refractivity contribution in [3.05, 3.63) is 18.0 Å². The SMILES string of the molecule is CCC(C)n1ccc(CNC2CC(Cl)C2)n1. The summed E-state index contributed by atoms with van der Waals surface area (Å²) in [5, 5.41) is 8.41. The number of aromatic nitrogens is 2. The standard InChI is InChI=1S/C12H20ClN3/c1-3-9(2)16-5-4-11(15-16)8-14-12-6-10(13)7-12/h4-5,9-10,12,14H,3,6-8H2,1-2H3. The van der Waals surface area contributed by atoms with Crippen LogP contribution in [-0.2, 0) is 6.54 Å². The van der Waals surface area contributed by atoms with Gasteiger partial charge in [-0.2, -0.15) is 5.10 Å². The highest BCUT2D eigenvalue weighted by Gasteiger charge is 2.26. The number of rotatable bonds is 5. The first-order valence-electron chi connectivity index (χ1n) is 6.10. The molecule has 3 nitrogen and oxygen atoms in total. The number of hydrogen-bond acceptors (Lipinski definition) is 2. The van der Waals surface area contributed by atoms with Gasteiger partial charge >= 0.3 is 0 Å². The number of alkyl halides is 1. The van der Waals surface area contributed by atoms with Crippen LogP contribution in [-0.4, -0.2) is 21.2 Å². The zero-order valence-corrected chi connectivity index (χ0v) is 10.7. The highest BCUT2D eigenvalue weighted by atomic mass is 35.5. The van der Waals surface area contributed by atoms with Crippen LogP contribution < -0.4 is 5.32 Å². The van der Waals surface area contributed by atoms with Crippen LogP contribution in [0, 0.1) is 0 Å². The van der Waals surface area contributed by atoms with E-state index in [1.165, 1.54) is 0 Å². The summed E-state index contributed by atoms with van der Waals surface area (Å²) < 4.78 is 2.04. The molecule has 1 aromatic rings. The van der Waals surface area contributed by atoms with E-state index in [0.717, 1.165) is 31.5 Å². The predicted octanol–water partition coefficient (Wildman–Crippen LogP) is 2.71. The van der Waals surface area contributed by atoms with Crippen molar-refractivity contribution in [1.29, 1.82) is 0 Å². The first-order valence-corrected chi connectivity index (χ1v) is 6.54. The minimum atomic E-state index is 0.384. The Hall–Kier alpha value is -0.540. The monoisotopic (exact) mass is 241 g/mol. The maximum absolute atomic E-state index is 5.93. The second kappa shape index (κ2) is 5.19. The zero-order valence-electron chi connectivity index (χ0n) is 9.99. The summed E-state index contributed by atoms with van der Waals surface area (Å²) in [6.07, 6.45) is 5.36. The minimum absolute atomic E-state index is 0.384. The molecule has 1 unspecified atom stereocenters. The lowest BCUT2D eigenvalue weighted by molar-refractivity contribution is 0.342. The van der Waals surface area contributed by atoms with Crippen molar-refractivity contribution in [2.24, 2.45) is 0 Å². The molecule has 0 saturated heterocycles. The maximum atomic E-state index is 5.93. The Balaban J connectivity index is 1.79. The van der Waals surface area contributed by atoms with Crippen molar-refractivity contribution in [1.82, 2.24) is 15.1 Å². The third-order valence-corrected chi connectivity index (χ3v) is 3.71. The Labute approximate surface area is 102 Å². The lowest BCUT2D eigenvalue weighted by Gasteiger charge is -2.31. The molecule has 4 heteroatoms. The van der Waals surface area contributed by atoms with Gasteiger partial charge in [-0.1, -0.05) is 6.92 Å². The van der Waals surface area contributed by atoms with Gasteiger partial charge in [0.05, 0.1) is 5.69 Å². The predicted molar refractivity (Wildman–Crippen MR) is 66.7 cm³/mol. The third-order valence-electron chi connectivity index (χ3n) is 3.36. The molecule has 1 saturated carbocycles. The van der Waals surface area contributed by atoms with Crippen molar-refractivity contribution >= 4 is 11.6 Å². The first kappa shape index (κ1) is 11.9. The van der Waals surface area contributed by atoms with E-state index in [1.54, 1.807) is 0 Å². The molecule has 1 heterocycles. The van der Waals surface area contributed by atoms with Gasteiger partial charge < -0.3 is 5.32 Å². The average molecular weight is 242 g/mol. The summed E-state index contributed by atoms with van der Waals surface area (Å²) in [5.74, 6) is 0. The molecule has 1 atom stereocenters. The van der Waals surface area contributed by atoms with E-state index < -0.39 is 0 Å². The molecule has 0 bridgehead atoms. The maximum Gasteiger partial charge on any atom is 0.0762 e. The fourth-order valence-electron chi connectivity index (χ4n) is 1.87. The first-order chi connectivity index (χ1) is 7.69. The van der Waals surface area contributed by atoms with Gasteiger partial charge in [-0.25, -0.2) is 0 Å². The molecule has 90 valence electrons. The molecule has 1 aliphatic rings. The third kappa shape index (κ3) is 2.77. The molecule has 0 radical (unpaired) electrons. The van der Waals surface area contributed by atoms with E-state index in [2.05, 4.69) is 36.5 Å². The van der Waals surface area contributed by atoms with Gasteiger partial charge in [0.15, 0.2) is 0 Å². The molecule has 0 aromatic carbocycles. The summed E-state index contributed by atoms with van der Waals surface area (Å²) in [4.78, 5) is 0. The molecule has 1 fully saturated rings. The highest BCUT2D eigenvalue weighted by Crippen LogP contribution is 2.25. The smallest absolute Gasteiger partial charge is 0.0762 e. The lowest BCUT2D eigenvalue weighted by Crippen LogP contribution is -2.41. The summed E-state index contributed by atoms with van der Waals surface area (Å²) in [6, 6.07) is 3.18. The van der Waals surface area contributed by atoms with Crippen LogP contribution in [0.1, 0.15) is 44.8 Å². The zero-order chi connectivity index (χ0) is 11.5. The summed E-state index contributed by atoms with van der Waals surface area (Å²) in [5.41, 5.74) is 1.12. The number of hydrogen-bond donors (Lipinski definition) is 1. The van der Waals surface area contributed by atoms with Crippen LogP contribution in [0.3, 0.4) is 0 Å². The lowest BCUT2D eigenvalue weighted by atomic mass is 9.92. The number of nitrogens with zero attached hydrogens (tertiary/aromatic N) is 2. The van der Waals surface area contributed by atoms with Gasteiger partial charge in [0.1, 0.15) is 0 Å². The molecule has 1 N–H and O–H groups in total. The van der Waals surface area contributed by atoms with Gasteiger partial charge in [0.2, 0.25) is 0 Å². The Kier molecular flexibility index (Phi) is 3.87. The van der Waals surface area contributed by atoms with Crippen LogP contribution >= 0.6 is 11.6 Å². The van der Waals surface area contributed by atoms with E-state index in [9.17, 15) is 0 Å². The molecule has 0 aliphatic heterocycles. The summed E-state index contributed by atoms with van der Waals surface area (Å²) in [7, 11) is 0. The Morgan fingerprint density at radius 3 is 3.00 bits per heavy atom. The minimum Gasteiger partial charge on any atom is -0.308 e. The molecular formula is C12H20ClN3. The quantitative estimate of drug-likeness (QED) is 0.804. The Morgan fingerprint density at radius 1 is 1.62 bits per heavy atom. The van der Waals surface area contributed by atoms with Crippen LogP contribution in [0.25, 0.3) is 0 Å². The summed E-state index contributed by atoms with van der Waals surface area (Å²) >= 11 is 5.93. The molecule has 0 amide bonds. The van der Waals surface area contributed by atoms with Gasteiger partial charge in [0, 0.05) is 30.2 Å². The van der Waals surface area contributed by atoms with Crippen molar-refractivity contribution in [2.75, 3.05) is 0 Å². The largest absolute Gasteiger partial charge is 0.308 e. The highest BCUT2D eigenvalue weighted by molar-refractivity contribution is 6.21. The summed E-state index contributed by atoms with van der Waals surface area (Å²) in [6.45, 7) is 5.23. The number of nitrogens with one attached hydrogen (secondary N) is 1. The average Bonchev–Trinajstić information content (AvgIpc) is 2.70.